The molecule has 4 rings (SSSR count). The molecule has 2 aromatic carbocycles. The number of hydrogen-bond acceptors (Lipinski definition) is 6. The third kappa shape index (κ3) is 6.17. The van der Waals surface area contributed by atoms with Crippen molar-refractivity contribution >= 4 is 0 Å². The molecule has 0 radical (unpaired) electrons. The van der Waals surface area contributed by atoms with Crippen LogP contribution in [0, 0.1) is 0 Å². The Bertz CT molecular complexity index is 934. The molecule has 0 amide bonds. The van der Waals surface area contributed by atoms with Gasteiger partial charge in [0.2, 0.25) is 0 Å². The Morgan fingerprint density at radius 2 is 1.70 bits per heavy atom. The first kappa shape index (κ1) is 23.8. The molecular formula is C24H29F3N2O4. The summed E-state index contributed by atoms with van der Waals surface area (Å²) < 4.78 is 50.2. The molecule has 2 aliphatic rings. The van der Waals surface area contributed by atoms with E-state index >= 15 is 0 Å². The number of hydrogen-bond donors (Lipinski definition) is 3. The lowest BCUT2D eigenvalue weighted by Gasteiger charge is -2.31. The third-order valence-electron chi connectivity index (χ3n) is 6.03. The number of benzene rings is 2. The molecule has 180 valence electrons. The Morgan fingerprint density at radius 3 is 2.42 bits per heavy atom. The van der Waals surface area contributed by atoms with Crippen molar-refractivity contribution in [3.05, 3.63) is 59.2 Å². The molecule has 0 bridgehead atoms. The molecule has 6 nitrogen and oxygen atoms in total. The van der Waals surface area contributed by atoms with Crippen LogP contribution in [0.3, 0.4) is 0 Å². The molecule has 1 unspecified atom stereocenters. The minimum atomic E-state index is -4.44. The van der Waals surface area contributed by atoms with Gasteiger partial charge in [-0.05, 0) is 55.3 Å². The molecule has 9 heteroatoms. The monoisotopic (exact) mass is 466 g/mol. The summed E-state index contributed by atoms with van der Waals surface area (Å²) >= 11 is 0. The number of fused-ring (bicyclic) bond motifs is 1. The lowest BCUT2D eigenvalue weighted by molar-refractivity contribution is -0.137. The van der Waals surface area contributed by atoms with E-state index in [4.69, 9.17) is 9.47 Å². The molecule has 33 heavy (non-hydrogen) atoms. The Labute approximate surface area is 190 Å². The van der Waals surface area contributed by atoms with Crippen LogP contribution in [-0.2, 0) is 12.6 Å². The minimum absolute atomic E-state index is 0.0196. The zero-order valence-electron chi connectivity index (χ0n) is 18.2. The quantitative estimate of drug-likeness (QED) is 0.520. The maximum atomic E-state index is 13.0. The van der Waals surface area contributed by atoms with Crippen LogP contribution in [0.4, 0.5) is 13.2 Å². The van der Waals surface area contributed by atoms with Crippen LogP contribution >= 0.6 is 0 Å². The van der Waals surface area contributed by atoms with Crippen LogP contribution in [0.5, 0.6) is 11.5 Å². The second-order valence-corrected chi connectivity index (χ2v) is 8.55. The number of nitrogens with zero attached hydrogens (tertiary/aromatic N) is 1. The zero-order chi connectivity index (χ0) is 23.4. The van der Waals surface area contributed by atoms with Crippen molar-refractivity contribution in [2.24, 2.45) is 0 Å². The van der Waals surface area contributed by atoms with Gasteiger partial charge in [0, 0.05) is 13.0 Å². The van der Waals surface area contributed by atoms with Gasteiger partial charge in [-0.3, -0.25) is 5.32 Å². The molecule has 0 spiro atoms. The van der Waals surface area contributed by atoms with Crippen LogP contribution in [-0.4, -0.2) is 60.2 Å². The van der Waals surface area contributed by atoms with Gasteiger partial charge >= 0.3 is 6.18 Å². The highest BCUT2D eigenvalue weighted by Gasteiger charge is 2.31. The number of rotatable bonds is 8. The standard InChI is InChI=1S/C24H29F3N2O4/c25-24(26,27)18-5-3-4-16(12-18)13-22(30)28-19(15-29-8-1-2-9-29)23(31)17-6-7-20-21(14-17)33-11-10-32-20/h3-7,12,14,19,22-23,28,30-31H,1-2,8-11,13,15H2/t19-,22?,23-/m1/s1. The number of ether oxygens (including phenoxy) is 2. The van der Waals surface area contributed by atoms with E-state index in [2.05, 4.69) is 10.2 Å². The SMILES string of the molecule is OC(Cc1cccc(C(F)(F)F)c1)N[C@H](CN1CCCC1)[C@H](O)c1ccc2c(c1)OCCO2. The Morgan fingerprint density at radius 1 is 0.970 bits per heavy atom. The largest absolute Gasteiger partial charge is 0.486 e. The predicted molar refractivity (Wildman–Crippen MR) is 116 cm³/mol. The molecule has 3 atom stereocenters. The fourth-order valence-corrected chi connectivity index (χ4v) is 4.37. The van der Waals surface area contributed by atoms with Crippen molar-refractivity contribution in [3.8, 4) is 11.5 Å². The highest BCUT2D eigenvalue weighted by molar-refractivity contribution is 5.44. The topological polar surface area (TPSA) is 74.2 Å². The van der Waals surface area contributed by atoms with Crippen molar-refractivity contribution in [2.45, 2.75) is 43.8 Å². The smallest absolute Gasteiger partial charge is 0.416 e. The van der Waals surface area contributed by atoms with E-state index in [-0.39, 0.29) is 6.42 Å². The molecular weight excluding hydrogens is 437 g/mol. The number of halogens is 3. The molecule has 0 aliphatic carbocycles. The van der Waals surface area contributed by atoms with Gasteiger partial charge in [0.1, 0.15) is 19.4 Å². The van der Waals surface area contributed by atoms with E-state index in [1.807, 2.05) is 0 Å². The van der Waals surface area contributed by atoms with Crippen LogP contribution in [0.25, 0.3) is 0 Å². The average Bonchev–Trinajstić information content (AvgIpc) is 3.30. The molecule has 2 heterocycles. The average molecular weight is 467 g/mol. The zero-order valence-corrected chi connectivity index (χ0v) is 18.2. The van der Waals surface area contributed by atoms with Crippen molar-refractivity contribution in [2.75, 3.05) is 32.8 Å². The molecule has 0 aromatic heterocycles. The normalized spacial score (nSPS) is 19.3. The van der Waals surface area contributed by atoms with Crippen LogP contribution in [0.2, 0.25) is 0 Å². The highest BCUT2D eigenvalue weighted by atomic mass is 19.4. The fourth-order valence-electron chi connectivity index (χ4n) is 4.37. The summed E-state index contributed by atoms with van der Waals surface area (Å²) in [5.41, 5.74) is 0.220. The lowest BCUT2D eigenvalue weighted by Crippen LogP contribution is -2.49. The van der Waals surface area contributed by atoms with Crippen LogP contribution in [0.15, 0.2) is 42.5 Å². The van der Waals surface area contributed by atoms with Crippen molar-refractivity contribution in [1.29, 1.82) is 0 Å². The lowest BCUT2D eigenvalue weighted by atomic mass is 10.00. The highest BCUT2D eigenvalue weighted by Crippen LogP contribution is 2.34. The third-order valence-corrected chi connectivity index (χ3v) is 6.03. The number of alkyl halides is 3. The van der Waals surface area contributed by atoms with E-state index in [1.165, 1.54) is 6.07 Å². The summed E-state index contributed by atoms with van der Waals surface area (Å²) in [6.45, 7) is 3.19. The van der Waals surface area contributed by atoms with Gasteiger partial charge in [-0.1, -0.05) is 24.3 Å². The number of aliphatic hydroxyl groups excluding tert-OH is 2. The fraction of sp³-hybridized carbons (Fsp3) is 0.500. The van der Waals surface area contributed by atoms with Gasteiger partial charge in [-0.15, -0.1) is 0 Å². The number of aliphatic hydroxyl groups is 2. The van der Waals surface area contributed by atoms with Crippen molar-refractivity contribution in [1.82, 2.24) is 10.2 Å². The van der Waals surface area contributed by atoms with Gasteiger partial charge < -0.3 is 24.6 Å². The summed E-state index contributed by atoms with van der Waals surface area (Å²) in [5, 5.41) is 24.9. The summed E-state index contributed by atoms with van der Waals surface area (Å²) in [7, 11) is 0. The molecule has 2 aliphatic heterocycles. The Balaban J connectivity index is 1.48. The Hall–Kier alpha value is -2.33. The van der Waals surface area contributed by atoms with E-state index in [1.54, 1.807) is 24.3 Å². The van der Waals surface area contributed by atoms with Gasteiger partial charge in [0.15, 0.2) is 11.5 Å². The minimum Gasteiger partial charge on any atom is -0.486 e. The molecule has 3 N–H and O–H groups in total. The van der Waals surface area contributed by atoms with Crippen molar-refractivity contribution < 1.29 is 32.9 Å². The van der Waals surface area contributed by atoms with Gasteiger partial charge in [-0.25, -0.2) is 0 Å². The molecule has 2 aromatic rings. The molecule has 0 saturated carbocycles. The first-order valence-corrected chi connectivity index (χ1v) is 11.2. The van der Waals surface area contributed by atoms with Gasteiger partial charge in [0.25, 0.3) is 0 Å². The van der Waals surface area contributed by atoms with E-state index in [0.717, 1.165) is 38.1 Å². The molecule has 1 fully saturated rings. The van der Waals surface area contributed by atoms with E-state index in [9.17, 15) is 23.4 Å². The van der Waals surface area contributed by atoms with E-state index < -0.39 is 30.1 Å². The summed E-state index contributed by atoms with van der Waals surface area (Å²) in [5.74, 6) is 1.17. The van der Waals surface area contributed by atoms with Gasteiger partial charge in [-0.2, -0.15) is 13.2 Å². The predicted octanol–water partition coefficient (Wildman–Crippen LogP) is 3.13. The first-order valence-electron chi connectivity index (χ1n) is 11.2. The summed E-state index contributed by atoms with van der Waals surface area (Å²) in [6, 6.07) is 9.63. The maximum absolute atomic E-state index is 13.0. The van der Waals surface area contributed by atoms with Crippen LogP contribution in [0.1, 0.15) is 35.6 Å². The van der Waals surface area contributed by atoms with E-state index in [0.29, 0.717) is 42.4 Å². The van der Waals surface area contributed by atoms with Crippen molar-refractivity contribution in [3.63, 3.8) is 0 Å². The summed E-state index contributed by atoms with van der Waals surface area (Å²) in [4.78, 5) is 2.20. The first-order chi connectivity index (χ1) is 15.8. The Kier molecular flexibility index (Phi) is 7.43. The second-order valence-electron chi connectivity index (χ2n) is 8.55. The summed E-state index contributed by atoms with van der Waals surface area (Å²) in [6.07, 6.45) is -4.42. The maximum Gasteiger partial charge on any atom is 0.416 e. The molecule has 1 saturated heterocycles. The second kappa shape index (κ2) is 10.3. The number of nitrogens with one attached hydrogen (secondary N) is 1. The number of likely N-dealkylation sites (tertiary alicyclic amines) is 1. The van der Waals surface area contributed by atoms with Crippen LogP contribution < -0.4 is 14.8 Å². The van der Waals surface area contributed by atoms with Gasteiger partial charge in [0.05, 0.1) is 17.7 Å².